The van der Waals surface area contributed by atoms with Gasteiger partial charge in [-0.05, 0) is 32.1 Å². The molecule has 0 saturated heterocycles. The van der Waals surface area contributed by atoms with Gasteiger partial charge in [0.15, 0.2) is 0 Å². The first-order chi connectivity index (χ1) is 8.41. The molecule has 2 nitrogen and oxygen atoms in total. The number of halogens is 2. The highest BCUT2D eigenvalue weighted by atomic mass is 35.5. The molecule has 0 amide bonds. The minimum absolute atomic E-state index is 0.248. The quantitative estimate of drug-likeness (QED) is 0.856. The van der Waals surface area contributed by atoms with Crippen LogP contribution in [0, 0.1) is 11.7 Å². The molecule has 1 aromatic carbocycles. The minimum atomic E-state index is -0.248. The van der Waals surface area contributed by atoms with Gasteiger partial charge in [-0.15, -0.1) is 0 Å². The summed E-state index contributed by atoms with van der Waals surface area (Å²) in [6.07, 6.45) is 0. The van der Waals surface area contributed by atoms with E-state index < -0.39 is 0 Å². The third kappa shape index (κ3) is 4.56. The molecule has 0 saturated carbocycles. The summed E-state index contributed by atoms with van der Waals surface area (Å²) < 4.78 is 13.6. The van der Waals surface area contributed by atoms with Gasteiger partial charge in [-0.1, -0.05) is 31.5 Å². The maximum absolute atomic E-state index is 13.6. The van der Waals surface area contributed by atoms with Crippen LogP contribution in [0.2, 0.25) is 5.02 Å². The van der Waals surface area contributed by atoms with Crippen molar-refractivity contribution in [3.63, 3.8) is 0 Å². The third-order valence-electron chi connectivity index (χ3n) is 2.97. The van der Waals surface area contributed by atoms with Gasteiger partial charge in [-0.25, -0.2) is 4.39 Å². The molecule has 0 radical (unpaired) electrons. The summed E-state index contributed by atoms with van der Waals surface area (Å²) >= 11 is 6.01. The largest absolute Gasteiger partial charge is 0.308 e. The van der Waals surface area contributed by atoms with Crippen LogP contribution in [0.15, 0.2) is 18.2 Å². The number of nitrogens with zero attached hydrogens (tertiary/aromatic N) is 1. The molecule has 0 fully saturated rings. The Morgan fingerprint density at radius 3 is 2.50 bits per heavy atom. The Hall–Kier alpha value is -0.640. The molecular weight excluding hydrogens is 251 g/mol. The van der Waals surface area contributed by atoms with E-state index in [1.807, 2.05) is 14.1 Å². The first-order valence-corrected chi connectivity index (χ1v) is 6.60. The van der Waals surface area contributed by atoms with Crippen LogP contribution in [-0.4, -0.2) is 31.6 Å². The van der Waals surface area contributed by atoms with E-state index in [4.69, 9.17) is 11.6 Å². The zero-order chi connectivity index (χ0) is 13.7. The summed E-state index contributed by atoms with van der Waals surface area (Å²) in [6.45, 7) is 5.69. The normalized spacial score (nSPS) is 13.3. The standard InChI is InChI=1S/C14H22ClFN2/c1-10(2)14(9-18(3)4)17-8-11-12(15)6-5-7-13(11)16/h5-7,10,14,17H,8-9H2,1-4H3. The SMILES string of the molecule is CC(C)C(CN(C)C)NCc1c(F)cccc1Cl. The summed E-state index contributed by atoms with van der Waals surface area (Å²) in [4.78, 5) is 2.13. The van der Waals surface area contributed by atoms with Crippen molar-refractivity contribution in [2.45, 2.75) is 26.4 Å². The van der Waals surface area contributed by atoms with E-state index in [1.54, 1.807) is 12.1 Å². The molecule has 18 heavy (non-hydrogen) atoms. The topological polar surface area (TPSA) is 15.3 Å². The molecule has 0 aliphatic rings. The number of hydrogen-bond donors (Lipinski definition) is 1. The molecule has 0 aromatic heterocycles. The van der Waals surface area contributed by atoms with Gasteiger partial charge in [0, 0.05) is 29.7 Å². The molecule has 4 heteroatoms. The summed E-state index contributed by atoms with van der Waals surface area (Å²) in [5.74, 6) is 0.236. The first-order valence-electron chi connectivity index (χ1n) is 6.22. The zero-order valence-electron chi connectivity index (χ0n) is 11.5. The molecule has 0 aliphatic heterocycles. The van der Waals surface area contributed by atoms with Crippen molar-refractivity contribution < 1.29 is 4.39 Å². The fraction of sp³-hybridized carbons (Fsp3) is 0.571. The maximum Gasteiger partial charge on any atom is 0.129 e. The van der Waals surface area contributed by atoms with Crippen LogP contribution >= 0.6 is 11.6 Å². The van der Waals surface area contributed by atoms with Gasteiger partial charge in [-0.3, -0.25) is 0 Å². The lowest BCUT2D eigenvalue weighted by molar-refractivity contribution is 0.287. The number of rotatable bonds is 6. The molecule has 1 N–H and O–H groups in total. The van der Waals surface area contributed by atoms with Gasteiger partial charge in [0.1, 0.15) is 5.82 Å². The Bertz CT molecular complexity index is 360. The molecule has 0 heterocycles. The molecule has 102 valence electrons. The van der Waals surface area contributed by atoms with Crippen LogP contribution in [0.3, 0.4) is 0 Å². The monoisotopic (exact) mass is 272 g/mol. The predicted molar refractivity (Wildman–Crippen MR) is 75.4 cm³/mol. The fourth-order valence-electron chi connectivity index (χ4n) is 1.84. The average molecular weight is 273 g/mol. The Morgan fingerprint density at radius 1 is 1.33 bits per heavy atom. The maximum atomic E-state index is 13.6. The van der Waals surface area contributed by atoms with E-state index in [0.29, 0.717) is 29.1 Å². The van der Waals surface area contributed by atoms with Crippen molar-refractivity contribution >= 4 is 11.6 Å². The van der Waals surface area contributed by atoms with E-state index in [0.717, 1.165) is 6.54 Å². The van der Waals surface area contributed by atoms with Crippen molar-refractivity contribution in [2.75, 3.05) is 20.6 Å². The highest BCUT2D eigenvalue weighted by Crippen LogP contribution is 2.19. The third-order valence-corrected chi connectivity index (χ3v) is 3.32. The molecular formula is C14H22ClFN2. The van der Waals surface area contributed by atoms with Crippen molar-refractivity contribution in [3.8, 4) is 0 Å². The van der Waals surface area contributed by atoms with Gasteiger partial charge in [0.25, 0.3) is 0 Å². The van der Waals surface area contributed by atoms with Gasteiger partial charge in [-0.2, -0.15) is 0 Å². The lowest BCUT2D eigenvalue weighted by Crippen LogP contribution is -2.41. The van der Waals surface area contributed by atoms with Gasteiger partial charge >= 0.3 is 0 Å². The molecule has 1 rings (SSSR count). The molecule has 0 aliphatic carbocycles. The molecule has 0 spiro atoms. The van der Waals surface area contributed by atoms with E-state index in [9.17, 15) is 4.39 Å². The molecule has 1 unspecified atom stereocenters. The summed E-state index contributed by atoms with van der Waals surface area (Å²) in [7, 11) is 4.07. The smallest absolute Gasteiger partial charge is 0.129 e. The minimum Gasteiger partial charge on any atom is -0.308 e. The number of hydrogen-bond acceptors (Lipinski definition) is 2. The zero-order valence-corrected chi connectivity index (χ0v) is 12.3. The Kier molecular flexibility index (Phi) is 6.06. The van der Waals surface area contributed by atoms with Crippen LogP contribution in [0.4, 0.5) is 4.39 Å². The Balaban J connectivity index is 2.67. The Labute approximate surface area is 114 Å². The van der Waals surface area contributed by atoms with Gasteiger partial charge in [0.05, 0.1) is 0 Å². The lowest BCUT2D eigenvalue weighted by atomic mass is 10.0. The highest BCUT2D eigenvalue weighted by molar-refractivity contribution is 6.31. The van der Waals surface area contributed by atoms with Crippen LogP contribution in [0.1, 0.15) is 19.4 Å². The molecule has 1 aromatic rings. The number of benzene rings is 1. The van der Waals surface area contributed by atoms with Gasteiger partial charge < -0.3 is 10.2 Å². The molecule has 1 atom stereocenters. The van der Waals surface area contributed by atoms with Crippen molar-refractivity contribution in [1.82, 2.24) is 10.2 Å². The van der Waals surface area contributed by atoms with Crippen molar-refractivity contribution in [1.29, 1.82) is 0 Å². The van der Waals surface area contributed by atoms with E-state index >= 15 is 0 Å². The van der Waals surface area contributed by atoms with Crippen molar-refractivity contribution in [2.24, 2.45) is 5.92 Å². The van der Waals surface area contributed by atoms with Crippen LogP contribution in [0.5, 0.6) is 0 Å². The number of likely N-dealkylation sites (N-methyl/N-ethyl adjacent to an activating group) is 1. The summed E-state index contributed by atoms with van der Waals surface area (Å²) in [5, 5.41) is 3.86. The lowest BCUT2D eigenvalue weighted by Gasteiger charge is -2.26. The van der Waals surface area contributed by atoms with E-state index in [1.165, 1.54) is 6.07 Å². The fourth-order valence-corrected chi connectivity index (χ4v) is 2.07. The predicted octanol–water partition coefficient (Wildman–Crippen LogP) is 3.15. The second-order valence-electron chi connectivity index (χ2n) is 5.19. The highest BCUT2D eigenvalue weighted by Gasteiger charge is 2.15. The first kappa shape index (κ1) is 15.4. The van der Waals surface area contributed by atoms with Crippen LogP contribution in [-0.2, 0) is 6.54 Å². The molecule has 0 bridgehead atoms. The second kappa shape index (κ2) is 7.07. The van der Waals surface area contributed by atoms with Crippen LogP contribution < -0.4 is 5.32 Å². The van der Waals surface area contributed by atoms with Crippen molar-refractivity contribution in [3.05, 3.63) is 34.6 Å². The van der Waals surface area contributed by atoms with Crippen LogP contribution in [0.25, 0.3) is 0 Å². The summed E-state index contributed by atoms with van der Waals surface area (Å²) in [5.41, 5.74) is 0.545. The summed E-state index contributed by atoms with van der Waals surface area (Å²) in [6, 6.07) is 5.11. The second-order valence-corrected chi connectivity index (χ2v) is 5.60. The average Bonchev–Trinajstić information content (AvgIpc) is 2.26. The van der Waals surface area contributed by atoms with Gasteiger partial charge in [0.2, 0.25) is 0 Å². The Morgan fingerprint density at radius 2 is 2.00 bits per heavy atom. The van der Waals surface area contributed by atoms with E-state index in [2.05, 4.69) is 24.1 Å². The van der Waals surface area contributed by atoms with E-state index in [-0.39, 0.29) is 5.82 Å². The number of nitrogens with one attached hydrogen (secondary N) is 1.